The van der Waals surface area contributed by atoms with Crippen LogP contribution in [0.15, 0.2) is 121 Å². The first kappa shape index (κ1) is 28.5. The van der Waals surface area contributed by atoms with E-state index in [2.05, 4.69) is 122 Å². The second kappa shape index (κ2) is 11.7. The van der Waals surface area contributed by atoms with E-state index < -0.39 is 0 Å². The Kier molecular flexibility index (Phi) is 9.01. The van der Waals surface area contributed by atoms with Gasteiger partial charge >= 0.3 is 0 Å². The van der Waals surface area contributed by atoms with Gasteiger partial charge in [-0.2, -0.15) is 0 Å². The minimum atomic E-state index is -0.0497. The molecular formula is C33H26BHo2N. The Bertz CT molecular complexity index is 1510. The fourth-order valence-corrected chi connectivity index (χ4v) is 5.34. The van der Waals surface area contributed by atoms with Crippen LogP contribution in [0.4, 0.5) is 17.1 Å². The molecule has 4 radical (unpaired) electrons. The van der Waals surface area contributed by atoms with Crippen LogP contribution in [0.3, 0.4) is 0 Å². The monoisotopic (exact) mass is 777 g/mol. The van der Waals surface area contributed by atoms with Crippen LogP contribution in [-0.2, 0) is 5.41 Å². The number of hydrogen-bond donors (Lipinski definition) is 0. The number of fused-ring (bicyclic) bond motifs is 3. The van der Waals surface area contributed by atoms with Crippen LogP contribution in [0, 0.1) is 75.5 Å². The van der Waals surface area contributed by atoms with Crippen LogP contribution in [0.25, 0.3) is 22.3 Å². The number of benzene rings is 5. The zero-order valence-corrected chi connectivity index (χ0v) is 24.5. The largest absolute Gasteiger partial charge is 0.310 e. The van der Waals surface area contributed by atoms with E-state index in [1.807, 2.05) is 18.2 Å². The summed E-state index contributed by atoms with van der Waals surface area (Å²) < 4.78 is 0. The summed E-state index contributed by atoms with van der Waals surface area (Å²) >= 11 is 0. The van der Waals surface area contributed by atoms with Crippen molar-refractivity contribution in [3.63, 3.8) is 0 Å². The van der Waals surface area contributed by atoms with Crippen molar-refractivity contribution in [3.8, 4) is 22.3 Å². The minimum Gasteiger partial charge on any atom is -0.310 e. The third-order valence-electron chi connectivity index (χ3n) is 7.21. The first-order valence-corrected chi connectivity index (χ1v) is 12.1. The molecule has 0 amide bonds. The third-order valence-corrected chi connectivity index (χ3v) is 7.21. The van der Waals surface area contributed by atoms with E-state index in [-0.39, 0.29) is 80.9 Å². The van der Waals surface area contributed by atoms with Crippen LogP contribution in [0.1, 0.15) is 25.0 Å². The van der Waals surface area contributed by atoms with Gasteiger partial charge in [-0.1, -0.05) is 104 Å². The molecule has 0 unspecified atom stereocenters. The molecule has 188 valence electrons. The van der Waals surface area contributed by atoms with E-state index in [4.69, 9.17) is 7.85 Å². The van der Waals surface area contributed by atoms with Crippen molar-refractivity contribution < 1.29 is 75.5 Å². The number of hydrogen-bond acceptors (Lipinski definition) is 1. The minimum absolute atomic E-state index is 0. The second-order valence-electron chi connectivity index (χ2n) is 9.74. The normalized spacial score (nSPS) is 12.5. The molecule has 0 saturated carbocycles. The summed E-state index contributed by atoms with van der Waals surface area (Å²) in [5.41, 5.74) is 11.9. The van der Waals surface area contributed by atoms with Gasteiger partial charge in [-0.25, -0.2) is 0 Å². The quantitative estimate of drug-likeness (QED) is 0.168. The zero-order valence-electron chi connectivity index (χ0n) is 20.7. The van der Waals surface area contributed by atoms with Crippen LogP contribution in [0.5, 0.6) is 0 Å². The molecule has 1 aliphatic carbocycles. The fraction of sp³-hybridized carbons (Fsp3) is 0.0909. The van der Waals surface area contributed by atoms with Crippen molar-refractivity contribution in [2.24, 2.45) is 0 Å². The van der Waals surface area contributed by atoms with Gasteiger partial charge in [0.1, 0.15) is 7.85 Å². The summed E-state index contributed by atoms with van der Waals surface area (Å²) in [6.45, 7) is 4.65. The summed E-state index contributed by atoms with van der Waals surface area (Å²) in [6.07, 6.45) is 0. The van der Waals surface area contributed by atoms with E-state index >= 15 is 0 Å². The fourth-order valence-electron chi connectivity index (χ4n) is 5.34. The van der Waals surface area contributed by atoms with Gasteiger partial charge in [0, 0.05) is 98.0 Å². The Hall–Kier alpha value is -1.52. The average molecular weight is 777 g/mol. The third kappa shape index (κ3) is 5.35. The molecule has 6 rings (SSSR count). The number of anilines is 3. The van der Waals surface area contributed by atoms with Gasteiger partial charge in [0.2, 0.25) is 0 Å². The van der Waals surface area contributed by atoms with Crippen molar-refractivity contribution in [3.05, 3.63) is 132 Å². The summed E-state index contributed by atoms with van der Waals surface area (Å²) in [5.74, 6) is 0. The molecule has 5 aromatic rings. The van der Waals surface area contributed by atoms with Crippen molar-refractivity contribution in [2.75, 3.05) is 4.90 Å². The summed E-state index contributed by atoms with van der Waals surface area (Å²) in [7, 11) is 6.03. The van der Waals surface area contributed by atoms with Crippen molar-refractivity contribution in [1.82, 2.24) is 0 Å². The molecule has 0 fully saturated rings. The predicted molar refractivity (Wildman–Crippen MR) is 150 cm³/mol. The first-order chi connectivity index (χ1) is 17.0. The molecule has 0 atom stereocenters. The van der Waals surface area contributed by atoms with Crippen molar-refractivity contribution >= 4 is 30.4 Å². The molecule has 0 aromatic heterocycles. The molecule has 0 bridgehead atoms. The summed E-state index contributed by atoms with van der Waals surface area (Å²) in [5, 5.41) is 0. The summed E-state index contributed by atoms with van der Waals surface area (Å²) in [6, 6.07) is 43.0. The average Bonchev–Trinajstić information content (AvgIpc) is 3.13. The molecule has 4 heteroatoms. The molecule has 37 heavy (non-hydrogen) atoms. The maximum absolute atomic E-state index is 6.03. The van der Waals surface area contributed by atoms with E-state index in [9.17, 15) is 0 Å². The molecule has 0 N–H and O–H groups in total. The molecule has 5 aromatic carbocycles. The van der Waals surface area contributed by atoms with Gasteiger partial charge in [0.05, 0.1) is 0 Å². The molecule has 1 nitrogen and oxygen atoms in total. The van der Waals surface area contributed by atoms with Crippen LogP contribution in [-0.4, -0.2) is 7.85 Å². The van der Waals surface area contributed by atoms with Gasteiger partial charge in [0.25, 0.3) is 0 Å². The molecular weight excluding hydrogens is 751 g/mol. The molecule has 0 spiro atoms. The van der Waals surface area contributed by atoms with Crippen molar-refractivity contribution in [2.45, 2.75) is 19.3 Å². The Morgan fingerprint density at radius 1 is 0.514 bits per heavy atom. The van der Waals surface area contributed by atoms with Crippen molar-refractivity contribution in [1.29, 1.82) is 0 Å². The Labute approximate surface area is 281 Å². The Balaban J connectivity index is 0.00000160. The molecule has 0 heterocycles. The van der Waals surface area contributed by atoms with Gasteiger partial charge < -0.3 is 4.90 Å². The molecule has 1 aliphatic rings. The standard InChI is InChI=1S/C33H26BN.2Ho/c1-33(2)31-11-7-6-10-29(31)30-21-20-28(22-32(30)33)35(27-18-14-25(34)15-19-27)26-16-12-24(13-17-26)23-8-4-3-5-9-23;;/h3-22H,1-2H3;;. The van der Waals surface area contributed by atoms with Crippen LogP contribution in [0.2, 0.25) is 0 Å². The Morgan fingerprint density at radius 2 is 1.03 bits per heavy atom. The van der Waals surface area contributed by atoms with Crippen LogP contribution >= 0.6 is 0 Å². The van der Waals surface area contributed by atoms with Gasteiger partial charge in [0.15, 0.2) is 0 Å². The molecule has 0 saturated heterocycles. The van der Waals surface area contributed by atoms with Gasteiger partial charge in [-0.15, -0.1) is 0 Å². The number of rotatable bonds is 4. The number of nitrogens with zero attached hydrogens (tertiary/aromatic N) is 1. The second-order valence-corrected chi connectivity index (χ2v) is 9.74. The van der Waals surface area contributed by atoms with Crippen LogP contribution < -0.4 is 10.4 Å². The maximum atomic E-state index is 6.03. The van der Waals surface area contributed by atoms with E-state index in [0.29, 0.717) is 0 Å². The SMILES string of the molecule is [B]c1ccc(N(c2ccc(-c3ccccc3)cc2)c2ccc3c(c2)C(C)(C)c2ccccc2-3)cc1.[Ho].[Ho]. The van der Waals surface area contributed by atoms with Gasteiger partial charge in [-0.05, 0) is 69.8 Å². The maximum Gasteiger partial charge on any atom is 0.113 e. The topological polar surface area (TPSA) is 3.24 Å². The van der Waals surface area contributed by atoms with E-state index in [1.54, 1.807) is 0 Å². The predicted octanol–water partition coefficient (Wildman–Crippen LogP) is 7.92. The first-order valence-electron chi connectivity index (χ1n) is 12.1. The smallest absolute Gasteiger partial charge is 0.113 e. The zero-order chi connectivity index (χ0) is 24.0. The van der Waals surface area contributed by atoms with E-state index in [1.165, 1.54) is 33.4 Å². The summed E-state index contributed by atoms with van der Waals surface area (Å²) in [4.78, 5) is 2.31. The Morgan fingerprint density at radius 3 is 1.70 bits per heavy atom. The van der Waals surface area contributed by atoms with Gasteiger partial charge in [-0.3, -0.25) is 0 Å². The molecule has 0 aliphatic heterocycles. The van der Waals surface area contributed by atoms with E-state index in [0.717, 1.165) is 22.5 Å².